The van der Waals surface area contributed by atoms with Crippen LogP contribution in [0.2, 0.25) is 0 Å². The molecular weight excluding hydrogens is 275 g/mol. The Morgan fingerprint density at radius 3 is 2.20 bits per heavy atom. The van der Waals surface area contributed by atoms with Gasteiger partial charge >= 0.3 is 0 Å². The Morgan fingerprint density at radius 2 is 1.50 bits per heavy atom. The summed E-state index contributed by atoms with van der Waals surface area (Å²) in [6.07, 6.45) is 0. The van der Waals surface area contributed by atoms with Crippen LogP contribution in [0.3, 0.4) is 0 Å². The van der Waals surface area contributed by atoms with Crippen LogP contribution in [-0.4, -0.2) is 15.3 Å². The van der Waals surface area contributed by atoms with Gasteiger partial charge in [0.15, 0.2) is 23.1 Å². The molecule has 2 aromatic rings. The van der Waals surface area contributed by atoms with Crippen molar-refractivity contribution in [2.45, 2.75) is 6.54 Å². The topological polar surface area (TPSA) is 72.7 Å². The molecule has 0 bridgehead atoms. The van der Waals surface area contributed by atoms with Crippen molar-refractivity contribution < 1.29 is 28.5 Å². The maximum Gasteiger partial charge on any atom is 0.200 e. The van der Waals surface area contributed by atoms with Gasteiger partial charge < -0.3 is 20.6 Å². The first kappa shape index (κ1) is 13.9. The normalized spacial score (nSPS) is 10.6. The van der Waals surface area contributed by atoms with E-state index in [1.54, 1.807) is 0 Å². The van der Waals surface area contributed by atoms with E-state index in [-0.39, 0.29) is 17.8 Å². The molecule has 0 heterocycles. The Bertz CT molecular complexity index is 660. The highest BCUT2D eigenvalue weighted by Crippen LogP contribution is 2.37. The maximum atomic E-state index is 13.4. The zero-order valence-corrected chi connectivity index (χ0v) is 9.99. The average molecular weight is 285 g/mol. The average Bonchev–Trinajstić information content (AvgIpc) is 2.40. The highest BCUT2D eigenvalue weighted by molar-refractivity contribution is 5.54. The minimum absolute atomic E-state index is 0.143. The van der Waals surface area contributed by atoms with Crippen molar-refractivity contribution in [2.24, 2.45) is 0 Å². The van der Waals surface area contributed by atoms with Crippen LogP contribution in [-0.2, 0) is 6.54 Å². The van der Waals surface area contributed by atoms with Crippen LogP contribution in [0.4, 0.5) is 18.9 Å². The number of hydrogen-bond acceptors (Lipinski definition) is 4. The van der Waals surface area contributed by atoms with Crippen molar-refractivity contribution >= 4 is 5.69 Å². The molecule has 0 amide bonds. The first-order valence-corrected chi connectivity index (χ1v) is 5.51. The molecule has 0 aliphatic heterocycles. The first-order chi connectivity index (χ1) is 9.40. The van der Waals surface area contributed by atoms with Gasteiger partial charge in [0.05, 0.1) is 5.69 Å². The summed E-state index contributed by atoms with van der Waals surface area (Å²) in [7, 11) is 0. The third-order valence-electron chi connectivity index (χ3n) is 2.69. The molecule has 20 heavy (non-hydrogen) atoms. The summed E-state index contributed by atoms with van der Waals surface area (Å²) in [5, 5.41) is 30.4. The van der Waals surface area contributed by atoms with Crippen molar-refractivity contribution in [3.63, 3.8) is 0 Å². The zero-order valence-electron chi connectivity index (χ0n) is 9.99. The van der Waals surface area contributed by atoms with E-state index in [1.807, 2.05) is 0 Å². The number of nitrogens with one attached hydrogen (secondary N) is 1. The predicted molar refractivity (Wildman–Crippen MR) is 65.1 cm³/mol. The number of rotatable bonds is 3. The smallest absolute Gasteiger partial charge is 0.200 e. The number of benzene rings is 2. The van der Waals surface area contributed by atoms with Crippen LogP contribution in [0.1, 0.15) is 5.56 Å². The molecule has 4 nitrogen and oxygen atoms in total. The van der Waals surface area contributed by atoms with Crippen molar-refractivity contribution in [3.05, 3.63) is 47.3 Å². The Kier molecular flexibility index (Phi) is 3.60. The van der Waals surface area contributed by atoms with Gasteiger partial charge in [-0.05, 0) is 12.1 Å². The van der Waals surface area contributed by atoms with Gasteiger partial charge in [0.25, 0.3) is 0 Å². The molecule has 0 saturated carbocycles. The summed E-state index contributed by atoms with van der Waals surface area (Å²) in [5.41, 5.74) is -0.153. The number of halogens is 3. The van der Waals surface area contributed by atoms with Gasteiger partial charge in [-0.15, -0.1) is 0 Å². The van der Waals surface area contributed by atoms with Crippen LogP contribution in [0.15, 0.2) is 24.3 Å². The molecule has 7 heteroatoms. The largest absolute Gasteiger partial charge is 0.504 e. The molecule has 106 valence electrons. The Labute approximate surface area is 111 Å². The predicted octanol–water partition coefficient (Wildman–Crippen LogP) is 2.83. The van der Waals surface area contributed by atoms with Gasteiger partial charge in [0, 0.05) is 24.2 Å². The van der Waals surface area contributed by atoms with E-state index in [1.165, 1.54) is 6.07 Å². The molecule has 0 aromatic heterocycles. The second-order valence-electron chi connectivity index (χ2n) is 4.04. The van der Waals surface area contributed by atoms with Crippen LogP contribution < -0.4 is 5.32 Å². The fraction of sp³-hybridized carbons (Fsp3) is 0.0769. The highest BCUT2D eigenvalue weighted by atomic mass is 19.2. The maximum absolute atomic E-state index is 13.4. The fourth-order valence-electron chi connectivity index (χ4n) is 1.60. The van der Waals surface area contributed by atoms with E-state index < -0.39 is 34.7 Å². The van der Waals surface area contributed by atoms with E-state index in [0.717, 1.165) is 6.07 Å². The number of anilines is 1. The van der Waals surface area contributed by atoms with Gasteiger partial charge in [-0.1, -0.05) is 0 Å². The molecule has 0 saturated heterocycles. The molecule has 2 aromatic carbocycles. The van der Waals surface area contributed by atoms with E-state index >= 15 is 0 Å². The van der Waals surface area contributed by atoms with E-state index in [9.17, 15) is 23.4 Å². The summed E-state index contributed by atoms with van der Waals surface area (Å²) in [4.78, 5) is 0. The zero-order chi connectivity index (χ0) is 14.9. The van der Waals surface area contributed by atoms with Crippen molar-refractivity contribution in [1.82, 2.24) is 0 Å². The van der Waals surface area contributed by atoms with Crippen molar-refractivity contribution in [3.8, 4) is 17.2 Å². The second-order valence-corrected chi connectivity index (χ2v) is 4.04. The van der Waals surface area contributed by atoms with Crippen LogP contribution in [0.25, 0.3) is 0 Å². The van der Waals surface area contributed by atoms with Gasteiger partial charge in [0.1, 0.15) is 5.82 Å². The third-order valence-corrected chi connectivity index (χ3v) is 2.69. The molecule has 2 rings (SSSR count). The molecule has 4 N–H and O–H groups in total. The molecule has 0 spiro atoms. The molecule has 0 aliphatic rings. The highest BCUT2D eigenvalue weighted by Gasteiger charge is 2.13. The van der Waals surface area contributed by atoms with Crippen molar-refractivity contribution in [1.29, 1.82) is 0 Å². The lowest BCUT2D eigenvalue weighted by Gasteiger charge is -2.11. The lowest BCUT2D eigenvalue weighted by Crippen LogP contribution is -2.03. The minimum Gasteiger partial charge on any atom is -0.504 e. The lowest BCUT2D eigenvalue weighted by atomic mass is 10.1. The van der Waals surface area contributed by atoms with Crippen LogP contribution in [0, 0.1) is 17.5 Å². The quantitative estimate of drug-likeness (QED) is 0.517. The van der Waals surface area contributed by atoms with Gasteiger partial charge in [0.2, 0.25) is 5.75 Å². The summed E-state index contributed by atoms with van der Waals surface area (Å²) in [6.45, 7) is -0.165. The molecular formula is C13H10F3NO3. The fourth-order valence-corrected chi connectivity index (χ4v) is 1.60. The Hall–Kier alpha value is -2.57. The SMILES string of the molecule is Oc1ccc(CNc2cc(F)c(F)cc2F)c(O)c1O. The van der Waals surface area contributed by atoms with E-state index in [4.69, 9.17) is 5.11 Å². The number of phenolic OH excluding ortho intramolecular Hbond substituents is 3. The summed E-state index contributed by atoms with van der Waals surface area (Å²) < 4.78 is 39.1. The van der Waals surface area contributed by atoms with Gasteiger partial charge in [-0.25, -0.2) is 13.2 Å². The first-order valence-electron chi connectivity index (χ1n) is 5.51. The van der Waals surface area contributed by atoms with E-state index in [0.29, 0.717) is 12.1 Å². The Morgan fingerprint density at radius 1 is 0.850 bits per heavy atom. The van der Waals surface area contributed by atoms with Gasteiger partial charge in [-0.3, -0.25) is 0 Å². The summed E-state index contributed by atoms with van der Waals surface area (Å²) >= 11 is 0. The van der Waals surface area contributed by atoms with E-state index in [2.05, 4.69) is 5.32 Å². The van der Waals surface area contributed by atoms with Gasteiger partial charge in [-0.2, -0.15) is 0 Å². The standard InChI is InChI=1S/C13H10F3NO3/c14-7-3-9(16)10(4-8(7)15)17-5-6-1-2-11(18)13(20)12(6)19/h1-4,17-20H,5H2. The second kappa shape index (κ2) is 5.20. The Balaban J connectivity index is 2.21. The molecule has 0 fully saturated rings. The number of hydrogen-bond donors (Lipinski definition) is 4. The lowest BCUT2D eigenvalue weighted by molar-refractivity contribution is 0.365. The van der Waals surface area contributed by atoms with Crippen LogP contribution in [0.5, 0.6) is 17.2 Å². The number of phenols is 3. The molecule has 0 atom stereocenters. The van der Waals surface area contributed by atoms with Crippen LogP contribution >= 0.6 is 0 Å². The molecule has 0 unspecified atom stereocenters. The molecule has 0 radical (unpaired) electrons. The molecule has 0 aliphatic carbocycles. The minimum atomic E-state index is -1.31. The number of aromatic hydroxyl groups is 3. The summed E-state index contributed by atoms with van der Waals surface area (Å²) in [6, 6.07) is 3.46. The van der Waals surface area contributed by atoms with Crippen molar-refractivity contribution in [2.75, 3.05) is 5.32 Å². The monoisotopic (exact) mass is 285 g/mol. The third kappa shape index (κ3) is 2.56. The summed E-state index contributed by atoms with van der Waals surface area (Å²) in [5.74, 6) is -5.32.